The molecule has 0 N–H and O–H groups in total. The smallest absolute Gasteiger partial charge is 0.0791 e. The molecule has 0 saturated heterocycles. The normalized spacial score (nSPS) is 10.1. The van der Waals surface area contributed by atoms with Crippen LogP contribution in [0.4, 0.5) is 5.69 Å². The molecular weight excluding hydrogens is 321 g/mol. The second-order valence-electron chi connectivity index (χ2n) is 3.85. The van der Waals surface area contributed by atoms with Gasteiger partial charge in [0.15, 0.2) is 0 Å². The van der Waals surface area contributed by atoms with Crippen molar-refractivity contribution in [2.45, 2.75) is 19.8 Å². The molecule has 0 aliphatic rings. The second kappa shape index (κ2) is 8.19. The molecule has 0 bridgehead atoms. The average Bonchev–Trinajstić information content (AvgIpc) is 2.36. The quantitative estimate of drug-likeness (QED) is 0.578. The van der Waals surface area contributed by atoms with E-state index in [0.717, 1.165) is 19.4 Å². The summed E-state index contributed by atoms with van der Waals surface area (Å²) in [6.45, 7) is 2.66. The Morgan fingerprint density at radius 3 is 2.94 bits per heavy atom. The van der Waals surface area contributed by atoms with Crippen LogP contribution in [0.1, 0.15) is 18.9 Å². The summed E-state index contributed by atoms with van der Waals surface area (Å²) < 4.78 is 2.07. The zero-order chi connectivity index (χ0) is 12.5. The van der Waals surface area contributed by atoms with Gasteiger partial charge in [-0.15, -0.1) is 5.92 Å². The summed E-state index contributed by atoms with van der Waals surface area (Å²) in [6.07, 6.45) is 4.39. The van der Waals surface area contributed by atoms with E-state index in [4.69, 9.17) is 0 Å². The van der Waals surface area contributed by atoms with Gasteiger partial charge < -0.3 is 4.90 Å². The van der Waals surface area contributed by atoms with E-state index in [2.05, 4.69) is 80.8 Å². The van der Waals surface area contributed by atoms with Crippen LogP contribution in [0.25, 0.3) is 0 Å². The highest BCUT2D eigenvalue weighted by molar-refractivity contribution is 14.1. The minimum absolute atomic E-state index is 0.785. The Morgan fingerprint density at radius 1 is 1.41 bits per heavy atom. The predicted molar refractivity (Wildman–Crippen MR) is 84.6 cm³/mol. The Labute approximate surface area is 118 Å². The van der Waals surface area contributed by atoms with Crippen molar-refractivity contribution in [1.82, 2.24) is 0 Å². The van der Waals surface area contributed by atoms with E-state index < -0.39 is 0 Å². The van der Waals surface area contributed by atoms with Crippen LogP contribution in [0.2, 0.25) is 0 Å². The van der Waals surface area contributed by atoms with Gasteiger partial charge in [-0.25, -0.2) is 0 Å². The number of halogens is 1. The standard InChI is InChI=1S/C15H18IN/c1-3-4-12-17(2)15-10-7-9-14(13-15)8-5-6-11-16/h6-7,9-11,13H,5,8,12H2,1-2H3/b11-6+. The molecule has 1 aromatic rings. The highest BCUT2D eigenvalue weighted by Gasteiger charge is 1.99. The lowest BCUT2D eigenvalue weighted by Crippen LogP contribution is -2.17. The Hall–Kier alpha value is -0.950. The first kappa shape index (κ1) is 14.1. The zero-order valence-electron chi connectivity index (χ0n) is 10.4. The summed E-state index contributed by atoms with van der Waals surface area (Å²) in [7, 11) is 2.08. The molecular formula is C15H18IN. The van der Waals surface area contributed by atoms with Gasteiger partial charge in [-0.05, 0) is 41.5 Å². The number of hydrogen-bond donors (Lipinski definition) is 0. The monoisotopic (exact) mass is 339 g/mol. The zero-order valence-corrected chi connectivity index (χ0v) is 12.6. The largest absolute Gasteiger partial charge is 0.363 e. The lowest BCUT2D eigenvalue weighted by Gasteiger charge is -2.16. The fourth-order valence-electron chi connectivity index (χ4n) is 1.55. The molecule has 0 saturated carbocycles. The van der Waals surface area contributed by atoms with E-state index in [1.807, 2.05) is 6.92 Å². The average molecular weight is 339 g/mol. The topological polar surface area (TPSA) is 3.24 Å². The van der Waals surface area contributed by atoms with Crippen LogP contribution in [0.5, 0.6) is 0 Å². The lowest BCUT2D eigenvalue weighted by atomic mass is 10.1. The van der Waals surface area contributed by atoms with Gasteiger partial charge in [0.1, 0.15) is 0 Å². The Balaban J connectivity index is 2.66. The molecule has 1 aromatic carbocycles. The molecule has 0 atom stereocenters. The fraction of sp³-hybridized carbons (Fsp3) is 0.333. The van der Waals surface area contributed by atoms with E-state index >= 15 is 0 Å². The number of anilines is 1. The number of hydrogen-bond acceptors (Lipinski definition) is 1. The van der Waals surface area contributed by atoms with Gasteiger partial charge in [0.2, 0.25) is 0 Å². The van der Waals surface area contributed by atoms with Crippen LogP contribution < -0.4 is 4.90 Å². The molecule has 0 unspecified atom stereocenters. The molecule has 0 radical (unpaired) electrons. The van der Waals surface area contributed by atoms with Crippen molar-refractivity contribution < 1.29 is 0 Å². The van der Waals surface area contributed by atoms with Crippen LogP contribution >= 0.6 is 22.6 Å². The van der Waals surface area contributed by atoms with Crippen LogP contribution in [0.3, 0.4) is 0 Å². The number of allylic oxidation sites excluding steroid dienone is 1. The molecule has 0 amide bonds. The third-order valence-corrected chi connectivity index (χ3v) is 3.04. The third-order valence-electron chi connectivity index (χ3n) is 2.53. The van der Waals surface area contributed by atoms with E-state index in [1.165, 1.54) is 11.3 Å². The molecule has 0 aliphatic carbocycles. The maximum absolute atomic E-state index is 3.08. The number of rotatable bonds is 5. The molecule has 0 aliphatic heterocycles. The molecule has 1 nitrogen and oxygen atoms in total. The molecule has 1 rings (SSSR count). The van der Waals surface area contributed by atoms with Gasteiger partial charge in [0.25, 0.3) is 0 Å². The molecule has 0 heterocycles. The highest BCUT2D eigenvalue weighted by atomic mass is 127. The van der Waals surface area contributed by atoms with Crippen LogP contribution in [0.15, 0.2) is 34.4 Å². The van der Waals surface area contributed by atoms with Crippen LogP contribution in [0, 0.1) is 11.8 Å². The third kappa shape index (κ3) is 5.27. The van der Waals surface area contributed by atoms with E-state index in [9.17, 15) is 0 Å². The van der Waals surface area contributed by atoms with E-state index in [1.54, 1.807) is 0 Å². The first-order chi connectivity index (χ1) is 8.27. The van der Waals surface area contributed by atoms with Crippen molar-refractivity contribution in [3.05, 3.63) is 40.0 Å². The summed E-state index contributed by atoms with van der Waals surface area (Å²) in [5.74, 6) is 6.01. The maximum Gasteiger partial charge on any atom is 0.0791 e. The molecule has 0 aromatic heterocycles. The summed E-state index contributed by atoms with van der Waals surface area (Å²) in [6, 6.07) is 8.69. The van der Waals surface area contributed by atoms with Crippen molar-refractivity contribution >= 4 is 28.3 Å². The Kier molecular flexibility index (Phi) is 6.80. The van der Waals surface area contributed by atoms with Crippen molar-refractivity contribution in [2.24, 2.45) is 0 Å². The molecule has 2 heteroatoms. The van der Waals surface area contributed by atoms with Crippen LogP contribution in [-0.4, -0.2) is 13.6 Å². The maximum atomic E-state index is 3.08. The van der Waals surface area contributed by atoms with Gasteiger partial charge in [-0.3, -0.25) is 0 Å². The van der Waals surface area contributed by atoms with Crippen molar-refractivity contribution in [3.8, 4) is 11.8 Å². The highest BCUT2D eigenvalue weighted by Crippen LogP contribution is 2.15. The van der Waals surface area contributed by atoms with Crippen molar-refractivity contribution in [1.29, 1.82) is 0 Å². The lowest BCUT2D eigenvalue weighted by molar-refractivity contribution is 0.991. The van der Waals surface area contributed by atoms with E-state index in [-0.39, 0.29) is 0 Å². The SMILES string of the molecule is CC#CCN(C)c1cccc(CC/C=C/I)c1. The van der Waals surface area contributed by atoms with Gasteiger partial charge in [0.05, 0.1) is 6.54 Å². The van der Waals surface area contributed by atoms with Gasteiger partial charge in [-0.2, -0.15) is 0 Å². The molecule has 17 heavy (non-hydrogen) atoms. The predicted octanol–water partition coefficient (Wildman–Crippen LogP) is 4.03. The number of aryl methyl sites for hydroxylation is 1. The van der Waals surface area contributed by atoms with E-state index in [0.29, 0.717) is 0 Å². The Morgan fingerprint density at radius 2 is 2.24 bits per heavy atom. The van der Waals surface area contributed by atoms with Gasteiger partial charge in [0, 0.05) is 12.7 Å². The molecule has 0 spiro atoms. The summed E-state index contributed by atoms with van der Waals surface area (Å²) in [4.78, 5) is 2.17. The van der Waals surface area contributed by atoms with Crippen molar-refractivity contribution in [3.63, 3.8) is 0 Å². The van der Waals surface area contributed by atoms with Crippen molar-refractivity contribution in [2.75, 3.05) is 18.5 Å². The molecule has 0 fully saturated rings. The summed E-state index contributed by atoms with van der Waals surface area (Å²) in [5, 5.41) is 0. The fourth-order valence-corrected chi connectivity index (χ4v) is 1.91. The summed E-state index contributed by atoms with van der Waals surface area (Å²) in [5.41, 5.74) is 2.62. The second-order valence-corrected chi connectivity index (χ2v) is 4.57. The van der Waals surface area contributed by atoms with Crippen LogP contribution in [-0.2, 0) is 6.42 Å². The molecule has 90 valence electrons. The van der Waals surface area contributed by atoms with Gasteiger partial charge in [-0.1, -0.05) is 46.7 Å². The first-order valence-electron chi connectivity index (χ1n) is 5.73. The van der Waals surface area contributed by atoms with Gasteiger partial charge >= 0.3 is 0 Å². The first-order valence-corrected chi connectivity index (χ1v) is 6.97. The minimum atomic E-state index is 0.785. The summed E-state index contributed by atoms with van der Waals surface area (Å²) >= 11 is 2.26. The minimum Gasteiger partial charge on any atom is -0.363 e. The number of benzene rings is 1. The number of nitrogens with zero attached hydrogens (tertiary/aromatic N) is 1. The Bertz CT molecular complexity index is 426.